The Bertz CT molecular complexity index is 356. The van der Waals surface area contributed by atoms with Gasteiger partial charge in [0.1, 0.15) is 0 Å². The van der Waals surface area contributed by atoms with Crippen molar-refractivity contribution >= 4 is 5.97 Å². The molecule has 1 N–H and O–H groups in total. The van der Waals surface area contributed by atoms with Crippen molar-refractivity contribution in [2.45, 2.75) is 33.6 Å². The van der Waals surface area contributed by atoms with Gasteiger partial charge in [-0.05, 0) is 43.4 Å². The fraction of sp³-hybridized carbons (Fsp3) is 0.462. The lowest BCUT2D eigenvalue weighted by molar-refractivity contribution is -0.141. The molecule has 0 aliphatic heterocycles. The number of aliphatic carboxylic acids is 1. The maximum atomic E-state index is 10.9. The first-order valence-electron chi connectivity index (χ1n) is 5.33. The fourth-order valence-electron chi connectivity index (χ4n) is 1.62. The SMILES string of the molecule is CC[C@@H](Cc1ccc(C)c(C)c1)C(=O)O. The van der Waals surface area contributed by atoms with E-state index in [0.717, 1.165) is 5.56 Å². The van der Waals surface area contributed by atoms with E-state index in [9.17, 15) is 4.79 Å². The molecule has 0 radical (unpaired) electrons. The zero-order chi connectivity index (χ0) is 11.4. The van der Waals surface area contributed by atoms with Crippen molar-refractivity contribution in [3.8, 4) is 0 Å². The first kappa shape index (κ1) is 11.8. The van der Waals surface area contributed by atoms with E-state index < -0.39 is 5.97 Å². The maximum absolute atomic E-state index is 10.9. The Kier molecular flexibility index (Phi) is 3.89. The molecule has 0 heterocycles. The predicted octanol–water partition coefficient (Wildman–Crippen LogP) is 2.96. The molecule has 0 spiro atoms. The normalized spacial score (nSPS) is 12.5. The molecule has 0 saturated heterocycles. The van der Waals surface area contributed by atoms with Crippen LogP contribution in [0.15, 0.2) is 18.2 Å². The number of hydrogen-bond donors (Lipinski definition) is 1. The van der Waals surface area contributed by atoms with Crippen LogP contribution >= 0.6 is 0 Å². The van der Waals surface area contributed by atoms with Crippen LogP contribution in [0.25, 0.3) is 0 Å². The highest BCUT2D eigenvalue weighted by Gasteiger charge is 2.15. The van der Waals surface area contributed by atoms with Gasteiger partial charge in [0.05, 0.1) is 5.92 Å². The minimum atomic E-state index is -0.698. The fourth-order valence-corrected chi connectivity index (χ4v) is 1.62. The van der Waals surface area contributed by atoms with Crippen LogP contribution in [0.2, 0.25) is 0 Å². The van der Waals surface area contributed by atoms with Crippen molar-refractivity contribution in [2.24, 2.45) is 5.92 Å². The van der Waals surface area contributed by atoms with Crippen LogP contribution in [0.4, 0.5) is 0 Å². The molecule has 1 aromatic carbocycles. The molecule has 0 saturated carbocycles. The molecule has 0 aliphatic rings. The van der Waals surface area contributed by atoms with Crippen molar-refractivity contribution in [1.29, 1.82) is 0 Å². The van der Waals surface area contributed by atoms with E-state index in [1.165, 1.54) is 11.1 Å². The smallest absolute Gasteiger partial charge is 0.306 e. The van der Waals surface area contributed by atoms with Gasteiger partial charge in [-0.25, -0.2) is 0 Å². The van der Waals surface area contributed by atoms with E-state index in [1.54, 1.807) is 0 Å². The average Bonchev–Trinajstić information content (AvgIpc) is 2.19. The van der Waals surface area contributed by atoms with Gasteiger partial charge >= 0.3 is 5.97 Å². The highest BCUT2D eigenvalue weighted by atomic mass is 16.4. The molecule has 2 heteroatoms. The average molecular weight is 206 g/mol. The second kappa shape index (κ2) is 4.96. The molecule has 82 valence electrons. The van der Waals surface area contributed by atoms with Crippen LogP contribution in [0.5, 0.6) is 0 Å². The highest BCUT2D eigenvalue weighted by molar-refractivity contribution is 5.70. The molecule has 0 aromatic heterocycles. The Morgan fingerprint density at radius 3 is 2.47 bits per heavy atom. The number of carboxylic acid groups (broad SMARTS) is 1. The molecule has 0 fully saturated rings. The molecule has 2 nitrogen and oxygen atoms in total. The Labute approximate surface area is 90.9 Å². The van der Waals surface area contributed by atoms with Gasteiger partial charge in [0.15, 0.2) is 0 Å². The van der Waals surface area contributed by atoms with Crippen molar-refractivity contribution in [3.05, 3.63) is 34.9 Å². The van der Waals surface area contributed by atoms with Gasteiger partial charge < -0.3 is 5.11 Å². The largest absolute Gasteiger partial charge is 0.481 e. The van der Waals surface area contributed by atoms with E-state index in [2.05, 4.69) is 26.0 Å². The van der Waals surface area contributed by atoms with Crippen molar-refractivity contribution in [1.82, 2.24) is 0 Å². The van der Waals surface area contributed by atoms with Crippen LogP contribution in [0.3, 0.4) is 0 Å². The Morgan fingerprint density at radius 2 is 2.00 bits per heavy atom. The third-order valence-electron chi connectivity index (χ3n) is 2.90. The zero-order valence-corrected chi connectivity index (χ0v) is 9.58. The first-order chi connectivity index (χ1) is 7.04. The van der Waals surface area contributed by atoms with Crippen LogP contribution < -0.4 is 0 Å². The number of aryl methyl sites for hydroxylation is 2. The van der Waals surface area contributed by atoms with Crippen LogP contribution in [0.1, 0.15) is 30.0 Å². The van der Waals surface area contributed by atoms with Gasteiger partial charge in [-0.1, -0.05) is 25.1 Å². The molecule has 0 aliphatic carbocycles. The van der Waals surface area contributed by atoms with E-state index in [1.807, 2.05) is 13.0 Å². The Hall–Kier alpha value is -1.31. The lowest BCUT2D eigenvalue weighted by Crippen LogP contribution is -2.15. The van der Waals surface area contributed by atoms with Gasteiger partial charge in [-0.2, -0.15) is 0 Å². The van der Waals surface area contributed by atoms with Crippen molar-refractivity contribution in [3.63, 3.8) is 0 Å². The van der Waals surface area contributed by atoms with E-state index in [0.29, 0.717) is 12.8 Å². The summed E-state index contributed by atoms with van der Waals surface area (Å²) in [5.41, 5.74) is 3.60. The minimum absolute atomic E-state index is 0.257. The van der Waals surface area contributed by atoms with Gasteiger partial charge in [-0.3, -0.25) is 4.79 Å². The summed E-state index contributed by atoms with van der Waals surface area (Å²) in [6.07, 6.45) is 1.31. The van der Waals surface area contributed by atoms with Gasteiger partial charge in [0, 0.05) is 0 Å². The third-order valence-corrected chi connectivity index (χ3v) is 2.90. The monoisotopic (exact) mass is 206 g/mol. The minimum Gasteiger partial charge on any atom is -0.481 e. The summed E-state index contributed by atoms with van der Waals surface area (Å²) in [5.74, 6) is -0.956. The van der Waals surface area contributed by atoms with E-state index >= 15 is 0 Å². The number of rotatable bonds is 4. The number of carbonyl (C=O) groups is 1. The Morgan fingerprint density at radius 1 is 1.33 bits per heavy atom. The standard InChI is InChI=1S/C13H18O2/c1-4-12(13(14)15)8-11-6-5-9(2)10(3)7-11/h5-7,12H,4,8H2,1-3H3,(H,14,15)/t12-/m0/s1. The topological polar surface area (TPSA) is 37.3 Å². The van der Waals surface area contributed by atoms with E-state index in [-0.39, 0.29) is 5.92 Å². The molecular formula is C13H18O2. The maximum Gasteiger partial charge on any atom is 0.306 e. The second-order valence-corrected chi connectivity index (χ2v) is 4.07. The summed E-state index contributed by atoms with van der Waals surface area (Å²) < 4.78 is 0. The third kappa shape index (κ3) is 3.08. The first-order valence-corrected chi connectivity index (χ1v) is 5.33. The number of benzene rings is 1. The van der Waals surface area contributed by atoms with Gasteiger partial charge in [0.2, 0.25) is 0 Å². The number of carboxylic acids is 1. The van der Waals surface area contributed by atoms with Crippen molar-refractivity contribution < 1.29 is 9.90 Å². The molecule has 1 rings (SSSR count). The molecular weight excluding hydrogens is 188 g/mol. The molecule has 1 aromatic rings. The molecule has 0 amide bonds. The molecule has 15 heavy (non-hydrogen) atoms. The summed E-state index contributed by atoms with van der Waals surface area (Å²) in [4.78, 5) is 10.9. The number of hydrogen-bond acceptors (Lipinski definition) is 1. The van der Waals surface area contributed by atoms with Crippen LogP contribution in [-0.4, -0.2) is 11.1 Å². The van der Waals surface area contributed by atoms with Gasteiger partial charge in [-0.15, -0.1) is 0 Å². The van der Waals surface area contributed by atoms with Crippen LogP contribution in [0, 0.1) is 19.8 Å². The highest BCUT2D eigenvalue weighted by Crippen LogP contribution is 2.16. The molecule has 0 unspecified atom stereocenters. The second-order valence-electron chi connectivity index (χ2n) is 4.07. The summed E-state index contributed by atoms with van der Waals surface area (Å²) in [6.45, 7) is 6.04. The summed E-state index contributed by atoms with van der Waals surface area (Å²) >= 11 is 0. The quantitative estimate of drug-likeness (QED) is 0.822. The lowest BCUT2D eigenvalue weighted by atomic mass is 9.95. The van der Waals surface area contributed by atoms with Gasteiger partial charge in [0.25, 0.3) is 0 Å². The molecule has 0 bridgehead atoms. The van der Waals surface area contributed by atoms with Crippen LogP contribution in [-0.2, 0) is 11.2 Å². The molecule has 1 atom stereocenters. The Balaban J connectivity index is 2.80. The summed E-state index contributed by atoms with van der Waals surface area (Å²) in [5, 5.41) is 8.96. The summed E-state index contributed by atoms with van der Waals surface area (Å²) in [7, 11) is 0. The summed E-state index contributed by atoms with van der Waals surface area (Å²) in [6, 6.07) is 6.16. The predicted molar refractivity (Wildman–Crippen MR) is 61.0 cm³/mol. The van der Waals surface area contributed by atoms with Crippen molar-refractivity contribution in [2.75, 3.05) is 0 Å². The zero-order valence-electron chi connectivity index (χ0n) is 9.58. The van der Waals surface area contributed by atoms with E-state index in [4.69, 9.17) is 5.11 Å². The lowest BCUT2D eigenvalue weighted by Gasteiger charge is -2.10.